The summed E-state index contributed by atoms with van der Waals surface area (Å²) in [6.45, 7) is 2.80. The van der Waals surface area contributed by atoms with Gasteiger partial charge >= 0.3 is 0 Å². The van der Waals surface area contributed by atoms with Crippen LogP contribution in [0.25, 0.3) is 10.6 Å². The van der Waals surface area contributed by atoms with Gasteiger partial charge in [0.1, 0.15) is 33.5 Å². The van der Waals surface area contributed by atoms with Crippen molar-refractivity contribution in [3.8, 4) is 10.6 Å². The number of likely N-dealkylation sites (tertiary alicyclic amines) is 1. The van der Waals surface area contributed by atoms with Gasteiger partial charge in [0.05, 0.1) is 5.56 Å². The predicted molar refractivity (Wildman–Crippen MR) is 130 cm³/mol. The van der Waals surface area contributed by atoms with Gasteiger partial charge in [0.15, 0.2) is 5.69 Å². The highest BCUT2D eigenvalue weighted by Crippen LogP contribution is 2.33. The first-order chi connectivity index (χ1) is 16.4. The number of aromatic nitrogens is 1. The third kappa shape index (κ3) is 5.41. The highest BCUT2D eigenvalue weighted by Gasteiger charge is 2.30. The van der Waals surface area contributed by atoms with Crippen molar-refractivity contribution < 1.29 is 13.6 Å². The quantitative estimate of drug-likeness (QED) is 0.334. The molecule has 4 rings (SSSR count). The van der Waals surface area contributed by atoms with Crippen LogP contribution in [-0.4, -0.2) is 60.1 Å². The molecule has 0 spiro atoms. The lowest BCUT2D eigenvalue weighted by Gasteiger charge is -2.36. The first kappa shape index (κ1) is 24.2. The zero-order chi connectivity index (χ0) is 24.2. The summed E-state index contributed by atoms with van der Waals surface area (Å²) < 4.78 is 28.4. The summed E-state index contributed by atoms with van der Waals surface area (Å²) in [6, 6.07) is 2.73. The van der Waals surface area contributed by atoms with Crippen LogP contribution in [0.2, 0.25) is 0 Å². The number of hydrogen-bond acceptors (Lipinski definition) is 7. The van der Waals surface area contributed by atoms with Gasteiger partial charge in [0.2, 0.25) is 0 Å². The number of hydrogen-bond donors (Lipinski definition) is 4. The fraction of sp³-hybridized carbons (Fsp3) is 0.478. The second-order valence-corrected chi connectivity index (χ2v) is 9.79. The molecule has 2 aliphatic rings. The molecular weight excluding hydrogens is 460 g/mol. The SMILES string of the molecule is N=CC(NC(=O)c1nc(-c2c(F)cccc2F)sc1N)C(=NCC1CC1)N1CCC(CN)CC1. The van der Waals surface area contributed by atoms with Crippen molar-refractivity contribution in [1.82, 2.24) is 15.2 Å². The zero-order valence-electron chi connectivity index (χ0n) is 18.8. The molecule has 1 aromatic carbocycles. The van der Waals surface area contributed by atoms with Gasteiger partial charge in [-0.05, 0) is 56.2 Å². The van der Waals surface area contributed by atoms with Crippen molar-refractivity contribution in [1.29, 1.82) is 5.41 Å². The van der Waals surface area contributed by atoms with Crippen LogP contribution in [0, 0.1) is 28.9 Å². The summed E-state index contributed by atoms with van der Waals surface area (Å²) in [5.41, 5.74) is 11.4. The molecule has 34 heavy (non-hydrogen) atoms. The molecule has 1 saturated heterocycles. The van der Waals surface area contributed by atoms with E-state index < -0.39 is 23.6 Å². The fourth-order valence-electron chi connectivity index (χ4n) is 4.01. The van der Waals surface area contributed by atoms with Gasteiger partial charge in [0.25, 0.3) is 5.91 Å². The Bertz CT molecular complexity index is 1060. The molecule has 1 atom stereocenters. The van der Waals surface area contributed by atoms with Gasteiger partial charge in [0, 0.05) is 25.8 Å². The Hall–Kier alpha value is -2.92. The maximum atomic E-state index is 14.2. The van der Waals surface area contributed by atoms with E-state index in [9.17, 15) is 13.6 Å². The first-order valence-electron chi connectivity index (χ1n) is 11.4. The number of anilines is 1. The minimum absolute atomic E-state index is 0.0175. The largest absolute Gasteiger partial charge is 0.389 e. The van der Waals surface area contributed by atoms with Gasteiger partial charge in [-0.15, -0.1) is 0 Å². The Labute approximate surface area is 201 Å². The molecule has 1 amide bonds. The molecular formula is C23H29F2N7OS. The number of rotatable bonds is 8. The smallest absolute Gasteiger partial charge is 0.273 e. The van der Waals surface area contributed by atoms with Crippen molar-refractivity contribution >= 4 is 34.3 Å². The van der Waals surface area contributed by atoms with E-state index in [0.717, 1.165) is 68.5 Å². The zero-order valence-corrected chi connectivity index (χ0v) is 19.6. The Kier molecular flexibility index (Phi) is 7.52. The van der Waals surface area contributed by atoms with Crippen LogP contribution in [0.1, 0.15) is 36.2 Å². The number of benzene rings is 1. The average molecular weight is 490 g/mol. The summed E-state index contributed by atoms with van der Waals surface area (Å²) in [5.74, 6) is -0.546. The molecule has 1 saturated carbocycles. The van der Waals surface area contributed by atoms with Crippen LogP contribution in [0.4, 0.5) is 13.8 Å². The number of nitrogens with one attached hydrogen (secondary N) is 2. The lowest BCUT2D eigenvalue weighted by molar-refractivity contribution is 0.0949. The summed E-state index contributed by atoms with van der Waals surface area (Å²) in [7, 11) is 0. The van der Waals surface area contributed by atoms with Crippen molar-refractivity contribution in [2.75, 3.05) is 31.9 Å². The number of halogens is 2. The van der Waals surface area contributed by atoms with Gasteiger partial charge in [-0.25, -0.2) is 13.8 Å². The number of carbonyl (C=O) groups is 1. The molecule has 1 aromatic heterocycles. The minimum Gasteiger partial charge on any atom is -0.389 e. The minimum atomic E-state index is -0.784. The third-order valence-electron chi connectivity index (χ3n) is 6.26. The number of carbonyl (C=O) groups excluding carboxylic acids is 1. The number of nitrogens with zero attached hydrogens (tertiary/aromatic N) is 3. The number of amides is 1. The number of piperidine rings is 1. The molecule has 1 aliphatic carbocycles. The van der Waals surface area contributed by atoms with E-state index in [4.69, 9.17) is 21.9 Å². The maximum absolute atomic E-state index is 14.2. The van der Waals surface area contributed by atoms with Gasteiger partial charge in [-0.2, -0.15) is 0 Å². The standard InChI is InChI=1S/C23H29F2N7OS/c24-15-2-1-3-16(25)18(15)23-31-19(20(28)34-23)22(33)30-17(11-27)21(29-12-14-4-5-14)32-8-6-13(10-26)7-9-32/h1-3,11,13-14,17,27H,4-10,12,26,28H2,(H,30,33). The summed E-state index contributed by atoms with van der Waals surface area (Å²) >= 11 is 0.837. The van der Waals surface area contributed by atoms with Crippen LogP contribution in [0.15, 0.2) is 23.2 Å². The number of amidine groups is 1. The Morgan fingerprint density at radius 3 is 2.53 bits per heavy atom. The Morgan fingerprint density at radius 1 is 1.26 bits per heavy atom. The topological polar surface area (TPSA) is 133 Å². The number of thiazole rings is 1. The first-order valence-corrected chi connectivity index (χ1v) is 12.2. The van der Waals surface area contributed by atoms with E-state index in [-0.39, 0.29) is 21.3 Å². The molecule has 0 bridgehead atoms. The van der Waals surface area contributed by atoms with Gasteiger partial charge in [-0.3, -0.25) is 9.79 Å². The second-order valence-electron chi connectivity index (χ2n) is 8.75. The van der Waals surface area contributed by atoms with Crippen LogP contribution >= 0.6 is 11.3 Å². The van der Waals surface area contributed by atoms with E-state index in [0.29, 0.717) is 30.8 Å². The van der Waals surface area contributed by atoms with Crippen molar-refractivity contribution in [3.05, 3.63) is 35.5 Å². The normalized spacial score (nSPS) is 18.1. The fourth-order valence-corrected chi connectivity index (χ4v) is 4.89. The van der Waals surface area contributed by atoms with Gasteiger partial charge in [-0.1, -0.05) is 17.4 Å². The summed E-state index contributed by atoms with van der Waals surface area (Å²) in [4.78, 5) is 24.1. The molecule has 6 N–H and O–H groups in total. The van der Waals surface area contributed by atoms with E-state index in [2.05, 4.69) is 15.2 Å². The Balaban J connectivity index is 1.54. The molecule has 2 heterocycles. The maximum Gasteiger partial charge on any atom is 0.273 e. The van der Waals surface area contributed by atoms with E-state index in [1.165, 1.54) is 6.07 Å². The highest BCUT2D eigenvalue weighted by molar-refractivity contribution is 7.19. The van der Waals surface area contributed by atoms with Crippen molar-refractivity contribution in [2.45, 2.75) is 31.7 Å². The van der Waals surface area contributed by atoms with E-state index >= 15 is 0 Å². The number of nitrogen functional groups attached to an aromatic ring is 1. The van der Waals surface area contributed by atoms with Crippen LogP contribution in [-0.2, 0) is 0 Å². The third-order valence-corrected chi connectivity index (χ3v) is 7.16. The predicted octanol–water partition coefficient (Wildman–Crippen LogP) is 2.90. The summed E-state index contributed by atoms with van der Waals surface area (Å²) in [5, 5.41) is 10.8. The summed E-state index contributed by atoms with van der Waals surface area (Å²) in [6.07, 6.45) is 5.26. The number of aliphatic imine (C=N–C) groups is 1. The highest BCUT2D eigenvalue weighted by atomic mass is 32.1. The Morgan fingerprint density at radius 2 is 1.94 bits per heavy atom. The van der Waals surface area contributed by atoms with Crippen LogP contribution in [0.3, 0.4) is 0 Å². The van der Waals surface area contributed by atoms with Gasteiger partial charge < -0.3 is 27.1 Å². The van der Waals surface area contributed by atoms with E-state index in [1.54, 1.807) is 0 Å². The monoisotopic (exact) mass is 489 g/mol. The second kappa shape index (κ2) is 10.6. The molecule has 8 nitrogen and oxygen atoms in total. The molecule has 0 radical (unpaired) electrons. The lowest BCUT2D eigenvalue weighted by atomic mass is 9.96. The van der Waals surface area contributed by atoms with E-state index in [1.807, 2.05) is 0 Å². The molecule has 11 heteroatoms. The lowest BCUT2D eigenvalue weighted by Crippen LogP contribution is -2.52. The molecule has 1 aliphatic heterocycles. The molecule has 182 valence electrons. The van der Waals surface area contributed by atoms with Crippen molar-refractivity contribution in [2.24, 2.45) is 22.6 Å². The van der Waals surface area contributed by atoms with Crippen molar-refractivity contribution in [3.63, 3.8) is 0 Å². The molecule has 1 unspecified atom stereocenters. The molecule has 2 aromatic rings. The molecule has 2 fully saturated rings. The van der Waals surface area contributed by atoms with Crippen LogP contribution < -0.4 is 16.8 Å². The van der Waals surface area contributed by atoms with Crippen LogP contribution in [0.5, 0.6) is 0 Å². The average Bonchev–Trinajstić information content (AvgIpc) is 3.58. The number of nitrogens with two attached hydrogens (primary N) is 2.